The van der Waals surface area contributed by atoms with Crippen molar-refractivity contribution in [1.82, 2.24) is 4.90 Å². The second-order valence-electron chi connectivity index (χ2n) is 6.32. The molecule has 1 heterocycles. The van der Waals surface area contributed by atoms with Crippen molar-refractivity contribution >= 4 is 5.91 Å². The Morgan fingerprint density at radius 3 is 2.27 bits per heavy atom. The van der Waals surface area contributed by atoms with Gasteiger partial charge in [0.15, 0.2) is 0 Å². The average molecular weight is 209 g/mol. The van der Waals surface area contributed by atoms with E-state index in [9.17, 15) is 9.90 Å². The number of hydrogen-bond acceptors (Lipinski definition) is 2. The third kappa shape index (κ3) is 1.40. The highest BCUT2D eigenvalue weighted by atomic mass is 16.3. The number of rotatable bonds is 2. The monoisotopic (exact) mass is 209 g/mol. The summed E-state index contributed by atoms with van der Waals surface area (Å²) in [5, 5.41) is 10.1. The summed E-state index contributed by atoms with van der Waals surface area (Å²) in [7, 11) is 0. The maximum atomic E-state index is 11.9. The van der Waals surface area contributed by atoms with Crippen LogP contribution >= 0.6 is 0 Å². The van der Waals surface area contributed by atoms with E-state index in [4.69, 9.17) is 0 Å². The molecule has 2 aliphatic carbocycles. The minimum absolute atomic E-state index is 0.213. The van der Waals surface area contributed by atoms with Crippen molar-refractivity contribution in [3.8, 4) is 0 Å². The minimum Gasteiger partial charge on any atom is -0.386 e. The smallest absolute Gasteiger partial charge is 0.226 e. The maximum absolute atomic E-state index is 11.9. The molecule has 0 aromatic heterocycles. The highest BCUT2D eigenvalue weighted by Crippen LogP contribution is 2.54. The molecular weight excluding hydrogens is 190 g/mol. The molecule has 84 valence electrons. The third-order valence-electron chi connectivity index (χ3n) is 4.39. The Hall–Kier alpha value is -0.570. The molecule has 3 rings (SSSR count). The molecule has 15 heavy (non-hydrogen) atoms. The van der Waals surface area contributed by atoms with Crippen molar-refractivity contribution in [3.63, 3.8) is 0 Å². The highest BCUT2D eigenvalue weighted by Gasteiger charge is 2.58. The van der Waals surface area contributed by atoms with Gasteiger partial charge in [-0.1, -0.05) is 13.8 Å². The number of hydrogen-bond donors (Lipinski definition) is 1. The molecule has 3 nitrogen and oxygen atoms in total. The Morgan fingerprint density at radius 2 is 1.87 bits per heavy atom. The zero-order chi connectivity index (χ0) is 10.8. The van der Waals surface area contributed by atoms with Gasteiger partial charge in [-0.3, -0.25) is 4.79 Å². The van der Waals surface area contributed by atoms with Crippen molar-refractivity contribution in [3.05, 3.63) is 0 Å². The Kier molecular flexibility index (Phi) is 1.65. The van der Waals surface area contributed by atoms with E-state index in [0.717, 1.165) is 19.3 Å². The molecule has 1 amide bonds. The first-order chi connectivity index (χ1) is 6.92. The Labute approximate surface area is 90.5 Å². The molecule has 0 bridgehead atoms. The van der Waals surface area contributed by atoms with Crippen molar-refractivity contribution in [2.75, 3.05) is 13.1 Å². The van der Waals surface area contributed by atoms with Crippen molar-refractivity contribution in [2.45, 2.75) is 38.7 Å². The van der Waals surface area contributed by atoms with Crippen LogP contribution in [-0.4, -0.2) is 34.6 Å². The molecular formula is C12H19NO2. The summed E-state index contributed by atoms with van der Waals surface area (Å²) in [5.41, 5.74) is -0.306. The van der Waals surface area contributed by atoms with E-state index >= 15 is 0 Å². The van der Waals surface area contributed by atoms with Crippen LogP contribution in [0.15, 0.2) is 0 Å². The lowest BCUT2D eigenvalue weighted by molar-refractivity contribution is -0.161. The summed E-state index contributed by atoms with van der Waals surface area (Å²) in [6, 6.07) is 0. The van der Waals surface area contributed by atoms with Gasteiger partial charge >= 0.3 is 0 Å². The number of amides is 1. The van der Waals surface area contributed by atoms with E-state index in [2.05, 4.69) is 13.8 Å². The fraction of sp³-hybridized carbons (Fsp3) is 0.917. The number of β-amino-alcohol motifs (C(OH)–C–C–N with tert-alkyl or cyclic N) is 1. The van der Waals surface area contributed by atoms with Crippen molar-refractivity contribution in [1.29, 1.82) is 0 Å². The van der Waals surface area contributed by atoms with Crippen LogP contribution in [0.5, 0.6) is 0 Å². The van der Waals surface area contributed by atoms with Gasteiger partial charge in [-0.2, -0.15) is 0 Å². The topological polar surface area (TPSA) is 40.5 Å². The average Bonchev–Trinajstić information content (AvgIpc) is 2.94. The largest absolute Gasteiger partial charge is 0.386 e. The second-order valence-corrected chi connectivity index (χ2v) is 6.32. The molecule has 3 fully saturated rings. The number of aliphatic hydroxyl groups is 1. The lowest BCUT2D eigenvalue weighted by Crippen LogP contribution is -2.65. The van der Waals surface area contributed by atoms with Crippen LogP contribution in [-0.2, 0) is 4.79 Å². The van der Waals surface area contributed by atoms with Gasteiger partial charge in [0, 0.05) is 5.92 Å². The van der Waals surface area contributed by atoms with E-state index < -0.39 is 5.60 Å². The molecule has 0 aromatic rings. The van der Waals surface area contributed by atoms with Gasteiger partial charge in [0.1, 0.15) is 5.60 Å². The van der Waals surface area contributed by atoms with Crippen LogP contribution in [0.1, 0.15) is 33.1 Å². The van der Waals surface area contributed by atoms with Crippen LogP contribution in [0.2, 0.25) is 0 Å². The van der Waals surface area contributed by atoms with Gasteiger partial charge in [0.2, 0.25) is 5.91 Å². The zero-order valence-electron chi connectivity index (χ0n) is 9.49. The molecule has 0 aromatic carbocycles. The van der Waals surface area contributed by atoms with E-state index in [-0.39, 0.29) is 17.2 Å². The normalized spacial score (nSPS) is 35.9. The summed E-state index contributed by atoms with van der Waals surface area (Å²) < 4.78 is 0. The highest BCUT2D eigenvalue weighted by molar-refractivity contribution is 5.83. The maximum Gasteiger partial charge on any atom is 0.226 e. The fourth-order valence-corrected chi connectivity index (χ4v) is 2.76. The first-order valence-electron chi connectivity index (χ1n) is 5.94. The fourth-order valence-electron chi connectivity index (χ4n) is 2.76. The molecule has 1 aliphatic heterocycles. The summed E-state index contributed by atoms with van der Waals surface area (Å²) >= 11 is 0. The minimum atomic E-state index is -0.519. The predicted molar refractivity (Wildman–Crippen MR) is 56.1 cm³/mol. The predicted octanol–water partition coefficient (Wildman–Crippen LogP) is 1.02. The molecule has 3 heteroatoms. The number of likely N-dealkylation sites (tertiary alicyclic amines) is 1. The van der Waals surface area contributed by atoms with Crippen LogP contribution in [0, 0.1) is 17.3 Å². The van der Waals surface area contributed by atoms with E-state index in [1.165, 1.54) is 0 Å². The van der Waals surface area contributed by atoms with Gasteiger partial charge in [-0.25, -0.2) is 0 Å². The molecule has 0 spiro atoms. The molecule has 3 aliphatic rings. The second kappa shape index (κ2) is 2.57. The van der Waals surface area contributed by atoms with Crippen LogP contribution in [0.25, 0.3) is 0 Å². The third-order valence-corrected chi connectivity index (χ3v) is 4.39. The Morgan fingerprint density at radius 1 is 1.33 bits per heavy atom. The molecule has 1 saturated heterocycles. The van der Waals surface area contributed by atoms with Crippen molar-refractivity contribution in [2.24, 2.45) is 17.3 Å². The summed E-state index contributed by atoms with van der Waals surface area (Å²) in [5.74, 6) is 0.973. The van der Waals surface area contributed by atoms with E-state index in [0.29, 0.717) is 19.0 Å². The number of carbonyl (C=O) groups is 1. The molecule has 1 unspecified atom stereocenters. The Bertz CT molecular complexity index is 314. The molecule has 1 atom stereocenters. The van der Waals surface area contributed by atoms with Gasteiger partial charge in [0.25, 0.3) is 0 Å². The first kappa shape index (κ1) is 9.64. The van der Waals surface area contributed by atoms with Crippen LogP contribution in [0.3, 0.4) is 0 Å². The van der Waals surface area contributed by atoms with E-state index in [1.807, 2.05) is 4.90 Å². The lowest BCUT2D eigenvalue weighted by atomic mass is 9.88. The van der Waals surface area contributed by atoms with Crippen LogP contribution < -0.4 is 0 Å². The lowest BCUT2D eigenvalue weighted by Gasteiger charge is -2.47. The van der Waals surface area contributed by atoms with Gasteiger partial charge in [0.05, 0.1) is 13.1 Å². The number of nitrogens with zero attached hydrogens (tertiary/aromatic N) is 1. The van der Waals surface area contributed by atoms with Crippen LogP contribution in [0.4, 0.5) is 0 Å². The molecule has 0 radical (unpaired) electrons. The molecule has 2 saturated carbocycles. The van der Waals surface area contributed by atoms with Gasteiger partial charge in [-0.05, 0) is 30.6 Å². The van der Waals surface area contributed by atoms with Crippen molar-refractivity contribution < 1.29 is 9.90 Å². The zero-order valence-corrected chi connectivity index (χ0v) is 9.49. The molecule has 1 N–H and O–H groups in total. The standard InChI is InChI=1S/C12H19NO2/c1-11(2)5-9(11)10(14)13-6-12(15,7-13)8-3-4-8/h8-9,15H,3-7H2,1-2H3. The summed E-state index contributed by atoms with van der Waals surface area (Å²) in [6.07, 6.45) is 3.31. The first-order valence-corrected chi connectivity index (χ1v) is 5.94. The summed E-state index contributed by atoms with van der Waals surface area (Å²) in [4.78, 5) is 13.8. The Balaban J connectivity index is 1.57. The number of carbonyl (C=O) groups excluding carboxylic acids is 1. The van der Waals surface area contributed by atoms with Gasteiger partial charge in [-0.15, -0.1) is 0 Å². The quantitative estimate of drug-likeness (QED) is 0.737. The SMILES string of the molecule is CC1(C)CC1C(=O)N1CC(O)(C2CC2)C1. The van der Waals surface area contributed by atoms with E-state index in [1.54, 1.807) is 0 Å². The van der Waals surface area contributed by atoms with Gasteiger partial charge < -0.3 is 10.0 Å². The summed E-state index contributed by atoms with van der Waals surface area (Å²) in [6.45, 7) is 5.46.